The Bertz CT molecular complexity index is 449. The second kappa shape index (κ2) is 28.9. The molecule has 0 spiro atoms. The molecule has 0 aromatic rings. The van der Waals surface area contributed by atoms with Crippen LogP contribution < -0.4 is 34.7 Å². The Morgan fingerprint density at radius 3 is 1.32 bits per heavy atom. The number of ether oxygens (including phenoxy) is 1. The molecule has 0 aliphatic rings. The van der Waals surface area contributed by atoms with E-state index in [0.29, 0.717) is 12.7 Å². The van der Waals surface area contributed by atoms with Crippen molar-refractivity contribution in [3.05, 3.63) is 12.2 Å². The van der Waals surface area contributed by atoms with Gasteiger partial charge in [0.05, 0.1) is 12.6 Å². The Morgan fingerprint density at radius 1 is 0.677 bits per heavy atom. The van der Waals surface area contributed by atoms with E-state index in [9.17, 15) is 14.7 Å². The molecule has 0 bridgehead atoms. The molecule has 0 fully saturated rings. The van der Waals surface area contributed by atoms with Crippen molar-refractivity contribution in [3.63, 3.8) is 0 Å². The van der Waals surface area contributed by atoms with E-state index in [4.69, 9.17) is 19.7 Å². The van der Waals surface area contributed by atoms with Crippen LogP contribution in [0.3, 0.4) is 0 Å². The molecule has 0 saturated carbocycles. The summed E-state index contributed by atoms with van der Waals surface area (Å²) >= 11 is 0. The largest absolute Gasteiger partial charge is 1.00 e. The minimum atomic E-state index is -1.83. The Kier molecular flexibility index (Phi) is 32.3. The van der Waals surface area contributed by atoms with Crippen LogP contribution in [-0.4, -0.2) is 34.9 Å². The number of rotatable bonds is 19. The van der Waals surface area contributed by atoms with Crippen LogP contribution in [-0.2, 0) is 14.3 Å². The first kappa shape index (κ1) is 34.6. The van der Waals surface area contributed by atoms with Gasteiger partial charge in [-0.05, 0) is 12.5 Å². The molecule has 0 heterocycles. The molecule has 0 aliphatic heterocycles. The van der Waals surface area contributed by atoms with Crippen molar-refractivity contribution >= 4 is 18.1 Å². The van der Waals surface area contributed by atoms with Crippen LogP contribution in [0.25, 0.3) is 0 Å². The van der Waals surface area contributed by atoms with Crippen LogP contribution in [0.15, 0.2) is 12.2 Å². The van der Waals surface area contributed by atoms with E-state index in [0.717, 1.165) is 18.9 Å². The summed E-state index contributed by atoms with van der Waals surface area (Å²) in [6.45, 7) is 2.62. The minimum Gasteiger partial charge on any atom is -0.545 e. The maximum absolute atomic E-state index is 11.1. The summed E-state index contributed by atoms with van der Waals surface area (Å²) in [5.74, 6) is -2.00. The average molecular weight is 453 g/mol. The molecule has 8 heteroatoms. The topological polar surface area (TPSA) is 124 Å². The summed E-state index contributed by atoms with van der Waals surface area (Å²) in [6.07, 6.45) is 20.6. The summed E-state index contributed by atoms with van der Waals surface area (Å²) in [4.78, 5) is 29.8. The number of carbonyl (C=O) groups is 3. The number of unbranched alkanes of at least 4 members (excludes halogenated alkanes) is 15. The number of carboxylic acid groups (broad SMARTS) is 3. The molecular formula is C23H41NaO7. The van der Waals surface area contributed by atoms with E-state index in [2.05, 4.69) is 6.92 Å². The SMILES string of the molecule is CCCCCCCCCCCCCCCCCCOC(=O)/C=C/C(=O)[O-].O=C(O)O.[Na+]. The maximum Gasteiger partial charge on any atom is 1.00 e. The third kappa shape index (κ3) is 39.9. The van der Waals surface area contributed by atoms with Crippen molar-refractivity contribution in [1.29, 1.82) is 0 Å². The van der Waals surface area contributed by atoms with E-state index in [1.807, 2.05) is 0 Å². The summed E-state index contributed by atoms with van der Waals surface area (Å²) < 4.78 is 4.89. The quantitative estimate of drug-likeness (QED) is 0.133. The fourth-order valence-electron chi connectivity index (χ4n) is 3.01. The summed E-state index contributed by atoms with van der Waals surface area (Å²) in [6, 6.07) is 0. The first-order chi connectivity index (χ1) is 14.4. The van der Waals surface area contributed by atoms with Gasteiger partial charge in [0.15, 0.2) is 0 Å². The van der Waals surface area contributed by atoms with Crippen LogP contribution in [0, 0.1) is 0 Å². The Morgan fingerprint density at radius 2 is 1.00 bits per heavy atom. The molecule has 0 atom stereocenters. The second-order valence-electron chi connectivity index (χ2n) is 7.41. The molecule has 2 N–H and O–H groups in total. The maximum atomic E-state index is 11.1. The molecule has 0 aromatic heterocycles. The van der Waals surface area contributed by atoms with Gasteiger partial charge in [0, 0.05) is 6.08 Å². The summed E-state index contributed by atoms with van der Waals surface area (Å²) in [5, 5.41) is 24.1. The van der Waals surface area contributed by atoms with E-state index in [-0.39, 0.29) is 29.6 Å². The number of carbonyl (C=O) groups excluding carboxylic acids is 2. The third-order valence-electron chi connectivity index (χ3n) is 4.60. The molecule has 0 saturated heterocycles. The van der Waals surface area contributed by atoms with Crippen LogP contribution in [0.2, 0.25) is 0 Å². The van der Waals surface area contributed by atoms with Crippen molar-refractivity contribution in [2.75, 3.05) is 6.61 Å². The number of hydrogen-bond donors (Lipinski definition) is 2. The van der Waals surface area contributed by atoms with Crippen molar-refractivity contribution in [1.82, 2.24) is 0 Å². The van der Waals surface area contributed by atoms with Crippen LogP contribution in [0.4, 0.5) is 4.79 Å². The van der Waals surface area contributed by atoms with Gasteiger partial charge in [-0.3, -0.25) is 0 Å². The van der Waals surface area contributed by atoms with Gasteiger partial charge in [0.25, 0.3) is 0 Å². The van der Waals surface area contributed by atoms with Gasteiger partial charge >= 0.3 is 41.7 Å². The van der Waals surface area contributed by atoms with Gasteiger partial charge < -0.3 is 24.9 Å². The van der Waals surface area contributed by atoms with Crippen molar-refractivity contribution in [2.45, 2.75) is 110 Å². The molecule has 0 aliphatic carbocycles. The average Bonchev–Trinajstić information content (AvgIpc) is 2.68. The molecule has 0 unspecified atom stereocenters. The van der Waals surface area contributed by atoms with Gasteiger partial charge in [-0.25, -0.2) is 9.59 Å². The normalized spacial score (nSPS) is 10.1. The van der Waals surface area contributed by atoms with Crippen molar-refractivity contribution in [2.24, 2.45) is 0 Å². The van der Waals surface area contributed by atoms with E-state index in [1.165, 1.54) is 89.9 Å². The Labute approximate surface area is 209 Å². The summed E-state index contributed by atoms with van der Waals surface area (Å²) in [7, 11) is 0. The van der Waals surface area contributed by atoms with Gasteiger partial charge in [-0.15, -0.1) is 0 Å². The van der Waals surface area contributed by atoms with E-state index in [1.54, 1.807) is 0 Å². The van der Waals surface area contributed by atoms with Crippen molar-refractivity contribution < 1.29 is 64.0 Å². The van der Waals surface area contributed by atoms with Gasteiger partial charge in [0.1, 0.15) is 0 Å². The van der Waals surface area contributed by atoms with E-state index < -0.39 is 18.1 Å². The fourth-order valence-corrected chi connectivity index (χ4v) is 3.01. The molecule has 0 radical (unpaired) electrons. The molecule has 0 rings (SSSR count). The van der Waals surface area contributed by atoms with Gasteiger partial charge in [-0.1, -0.05) is 103 Å². The predicted octanol–water partition coefficient (Wildman–Crippen LogP) is 2.32. The second-order valence-corrected chi connectivity index (χ2v) is 7.41. The number of carboxylic acids is 1. The minimum absolute atomic E-state index is 0. The van der Waals surface area contributed by atoms with Gasteiger partial charge in [0.2, 0.25) is 0 Å². The standard InChI is InChI=1S/C22H40O4.CH2O3.Na/c1-2-3-4-5-6-7-8-9-10-11-12-13-14-15-16-17-20-26-22(25)19-18-21(23)24;2-1(3)4;/h18-19H,2-17,20H2,1H3,(H,23,24);(H2,2,3,4);/q;;+1/p-1/b19-18+;;. The zero-order valence-corrected chi connectivity index (χ0v) is 21.6. The number of esters is 1. The van der Waals surface area contributed by atoms with Gasteiger partial charge in [-0.2, -0.15) is 0 Å². The monoisotopic (exact) mass is 452 g/mol. The van der Waals surface area contributed by atoms with Crippen LogP contribution >= 0.6 is 0 Å². The van der Waals surface area contributed by atoms with Crippen LogP contribution in [0.1, 0.15) is 110 Å². The number of aliphatic carboxylic acids is 1. The first-order valence-electron chi connectivity index (χ1n) is 11.4. The Hall–Kier alpha value is -1.05. The summed E-state index contributed by atoms with van der Waals surface area (Å²) in [5.41, 5.74) is 0. The zero-order chi connectivity index (χ0) is 22.9. The predicted molar refractivity (Wildman–Crippen MR) is 115 cm³/mol. The third-order valence-corrected chi connectivity index (χ3v) is 4.60. The fraction of sp³-hybridized carbons (Fsp3) is 0.783. The first-order valence-corrected chi connectivity index (χ1v) is 11.4. The molecule has 0 amide bonds. The molecule has 0 aromatic carbocycles. The Balaban J connectivity index is -0.00000143. The molecular weight excluding hydrogens is 411 g/mol. The smallest absolute Gasteiger partial charge is 0.545 e. The molecule has 176 valence electrons. The van der Waals surface area contributed by atoms with E-state index >= 15 is 0 Å². The van der Waals surface area contributed by atoms with Crippen molar-refractivity contribution in [3.8, 4) is 0 Å². The number of hydrogen-bond acceptors (Lipinski definition) is 5. The molecule has 7 nitrogen and oxygen atoms in total. The molecule has 31 heavy (non-hydrogen) atoms. The zero-order valence-electron chi connectivity index (χ0n) is 19.6. The van der Waals surface area contributed by atoms with Crippen LogP contribution in [0.5, 0.6) is 0 Å².